The van der Waals surface area contributed by atoms with Gasteiger partial charge in [0.2, 0.25) is 0 Å². The molecule has 84 valence electrons. The largest absolute Gasteiger partial charge is 0.179 e. The predicted molar refractivity (Wildman–Crippen MR) is 66.1 cm³/mol. The number of hydrogen-bond acceptors (Lipinski definition) is 1. The molecule has 1 heteroatoms. The van der Waals surface area contributed by atoms with Gasteiger partial charge in [0.25, 0.3) is 0 Å². The Bertz CT molecular complexity index is 325. The van der Waals surface area contributed by atoms with E-state index in [1.165, 1.54) is 12.8 Å². The predicted octanol–water partition coefficient (Wildman–Crippen LogP) is 3.91. The van der Waals surface area contributed by atoms with E-state index in [1.807, 2.05) is 0 Å². The van der Waals surface area contributed by atoms with Gasteiger partial charge in [0.15, 0.2) is 0 Å². The summed E-state index contributed by atoms with van der Waals surface area (Å²) >= 11 is 4.58. The summed E-state index contributed by atoms with van der Waals surface area (Å²) in [4.78, 5) is 0. The van der Waals surface area contributed by atoms with E-state index < -0.39 is 0 Å². The lowest BCUT2D eigenvalue weighted by atomic mass is 9.28. The van der Waals surface area contributed by atoms with Crippen LogP contribution in [0, 0.1) is 28.1 Å². The maximum atomic E-state index is 4.58. The molecule has 0 aromatic carbocycles. The van der Waals surface area contributed by atoms with E-state index in [9.17, 15) is 0 Å². The van der Waals surface area contributed by atoms with Crippen molar-refractivity contribution in [2.75, 3.05) is 5.75 Å². The standard InChI is InChI=1S/C14H22S/c1-10-6-14-5-3-12(14)2-4-13(10,14)8-11(7-12)9-15/h10-11,15H,2-9H2,1H3/t10?,11?,12?,13-,14?/m0/s1. The molecule has 0 aromatic rings. The average Bonchev–Trinajstić information content (AvgIpc) is 2.40. The highest BCUT2D eigenvalue weighted by atomic mass is 32.1. The Hall–Kier alpha value is 0.350. The summed E-state index contributed by atoms with van der Waals surface area (Å²) in [5.41, 5.74) is 2.49. The van der Waals surface area contributed by atoms with Crippen molar-refractivity contribution in [1.29, 1.82) is 0 Å². The van der Waals surface area contributed by atoms with Crippen LogP contribution >= 0.6 is 12.6 Å². The Labute approximate surface area is 98.6 Å². The molecule has 5 atom stereocenters. The molecule has 0 saturated heterocycles. The smallest absolute Gasteiger partial charge is 0.00691 e. The van der Waals surface area contributed by atoms with Gasteiger partial charge in [-0.25, -0.2) is 0 Å². The van der Waals surface area contributed by atoms with Crippen molar-refractivity contribution in [3.8, 4) is 0 Å². The molecule has 0 aromatic heterocycles. The van der Waals surface area contributed by atoms with E-state index in [2.05, 4.69) is 19.6 Å². The Balaban J connectivity index is 1.80. The monoisotopic (exact) mass is 222 g/mol. The fourth-order valence-corrected chi connectivity index (χ4v) is 6.88. The van der Waals surface area contributed by atoms with Gasteiger partial charge < -0.3 is 0 Å². The highest BCUT2D eigenvalue weighted by Gasteiger charge is 2.80. The number of hydrogen-bond donors (Lipinski definition) is 1. The van der Waals surface area contributed by atoms with Crippen molar-refractivity contribution in [3.05, 3.63) is 0 Å². The van der Waals surface area contributed by atoms with Crippen molar-refractivity contribution in [2.24, 2.45) is 28.1 Å². The van der Waals surface area contributed by atoms with Gasteiger partial charge in [0.1, 0.15) is 0 Å². The molecule has 4 saturated carbocycles. The summed E-state index contributed by atoms with van der Waals surface area (Å²) in [7, 11) is 0. The maximum Gasteiger partial charge on any atom is -0.00691 e. The van der Waals surface area contributed by atoms with E-state index >= 15 is 0 Å². The van der Waals surface area contributed by atoms with Gasteiger partial charge in [-0.2, -0.15) is 12.6 Å². The van der Waals surface area contributed by atoms with Crippen molar-refractivity contribution in [1.82, 2.24) is 0 Å². The fourth-order valence-electron chi connectivity index (χ4n) is 6.62. The zero-order chi connectivity index (χ0) is 10.3. The van der Waals surface area contributed by atoms with Gasteiger partial charge in [0.05, 0.1) is 0 Å². The van der Waals surface area contributed by atoms with Crippen molar-refractivity contribution >= 4 is 12.6 Å². The molecule has 4 aliphatic carbocycles. The molecule has 4 fully saturated rings. The first-order chi connectivity index (χ1) is 7.18. The molecule has 2 bridgehead atoms. The summed E-state index contributed by atoms with van der Waals surface area (Å²) in [5.74, 6) is 3.13. The maximum absolute atomic E-state index is 4.58. The van der Waals surface area contributed by atoms with E-state index in [-0.39, 0.29) is 0 Å². The van der Waals surface area contributed by atoms with Crippen LogP contribution in [0.25, 0.3) is 0 Å². The van der Waals surface area contributed by atoms with Crippen LogP contribution in [0.5, 0.6) is 0 Å². The van der Waals surface area contributed by atoms with Gasteiger partial charge in [-0.1, -0.05) is 6.92 Å². The molecule has 0 N–H and O–H groups in total. The lowest BCUT2D eigenvalue weighted by Gasteiger charge is -2.76. The molecule has 0 heterocycles. The summed E-state index contributed by atoms with van der Waals surface area (Å²) in [6.45, 7) is 2.53. The Morgan fingerprint density at radius 1 is 1.07 bits per heavy atom. The molecular weight excluding hydrogens is 200 g/mol. The summed E-state index contributed by atoms with van der Waals surface area (Å²) in [5, 5.41) is 0. The minimum atomic E-state index is 0.802. The van der Waals surface area contributed by atoms with Gasteiger partial charge in [-0.3, -0.25) is 0 Å². The van der Waals surface area contributed by atoms with Crippen LogP contribution in [0.15, 0.2) is 0 Å². The lowest BCUT2D eigenvalue weighted by Crippen LogP contribution is -2.68. The van der Waals surface area contributed by atoms with Crippen LogP contribution in [0.2, 0.25) is 0 Å². The van der Waals surface area contributed by atoms with E-state index in [0.29, 0.717) is 0 Å². The third-order valence-corrected chi connectivity index (χ3v) is 7.75. The quantitative estimate of drug-likeness (QED) is 0.639. The second kappa shape index (κ2) is 2.44. The SMILES string of the molecule is CC1CC23CCC24CC[C@]13CC(CS)C4. The van der Waals surface area contributed by atoms with Crippen LogP contribution in [0.4, 0.5) is 0 Å². The van der Waals surface area contributed by atoms with E-state index in [4.69, 9.17) is 0 Å². The normalized spacial score (nSPS) is 65.2. The fraction of sp³-hybridized carbons (Fsp3) is 1.00. The van der Waals surface area contributed by atoms with Crippen LogP contribution in [0.1, 0.15) is 51.9 Å². The molecule has 4 rings (SSSR count). The van der Waals surface area contributed by atoms with Crippen molar-refractivity contribution < 1.29 is 0 Å². The summed E-state index contributed by atoms with van der Waals surface area (Å²) in [6, 6.07) is 0. The van der Waals surface area contributed by atoms with Crippen molar-refractivity contribution in [2.45, 2.75) is 51.9 Å². The molecule has 4 unspecified atom stereocenters. The van der Waals surface area contributed by atoms with Gasteiger partial charge in [-0.15, -0.1) is 0 Å². The molecule has 0 nitrogen and oxygen atoms in total. The van der Waals surface area contributed by atoms with Gasteiger partial charge >= 0.3 is 0 Å². The Kier molecular flexibility index (Phi) is 1.53. The Morgan fingerprint density at radius 2 is 1.87 bits per heavy atom. The van der Waals surface area contributed by atoms with Crippen LogP contribution < -0.4 is 0 Å². The van der Waals surface area contributed by atoms with Crippen LogP contribution in [-0.4, -0.2) is 5.75 Å². The second-order valence-corrected chi connectivity index (χ2v) is 7.45. The molecule has 0 amide bonds. The van der Waals surface area contributed by atoms with Gasteiger partial charge in [0, 0.05) is 0 Å². The number of thiol groups is 1. The van der Waals surface area contributed by atoms with E-state index in [0.717, 1.165) is 33.8 Å². The zero-order valence-corrected chi connectivity index (χ0v) is 10.7. The second-order valence-electron chi connectivity index (χ2n) is 7.08. The summed E-state index contributed by atoms with van der Waals surface area (Å²) < 4.78 is 0. The number of rotatable bonds is 1. The molecule has 4 aliphatic rings. The van der Waals surface area contributed by atoms with E-state index in [1.54, 1.807) is 32.1 Å². The summed E-state index contributed by atoms with van der Waals surface area (Å²) in [6.07, 6.45) is 10.9. The average molecular weight is 222 g/mol. The van der Waals surface area contributed by atoms with Gasteiger partial charge in [-0.05, 0) is 78.8 Å². The molecule has 15 heavy (non-hydrogen) atoms. The molecule has 0 radical (unpaired) electrons. The third kappa shape index (κ3) is 0.714. The van der Waals surface area contributed by atoms with Crippen molar-refractivity contribution in [3.63, 3.8) is 0 Å². The zero-order valence-electron chi connectivity index (χ0n) is 9.76. The first kappa shape index (κ1) is 9.39. The molecule has 1 spiro atoms. The topological polar surface area (TPSA) is 0 Å². The highest BCUT2D eigenvalue weighted by molar-refractivity contribution is 7.80. The molecular formula is C14H22S. The van der Waals surface area contributed by atoms with Crippen LogP contribution in [0.3, 0.4) is 0 Å². The molecule has 0 aliphatic heterocycles. The lowest BCUT2D eigenvalue weighted by molar-refractivity contribution is -0.269. The first-order valence-electron chi connectivity index (χ1n) is 6.79. The first-order valence-corrected chi connectivity index (χ1v) is 7.42. The van der Waals surface area contributed by atoms with Crippen LogP contribution in [-0.2, 0) is 0 Å². The minimum absolute atomic E-state index is 0.802. The Morgan fingerprint density at radius 3 is 2.47 bits per heavy atom. The third-order valence-electron chi connectivity index (χ3n) is 7.24. The minimum Gasteiger partial charge on any atom is -0.179 e. The highest BCUT2D eigenvalue weighted by Crippen LogP contribution is 2.88.